The van der Waals surface area contributed by atoms with Gasteiger partial charge >= 0.3 is 0 Å². The first-order valence-corrected chi connectivity index (χ1v) is 10.6. The van der Waals surface area contributed by atoms with Crippen molar-refractivity contribution in [1.29, 1.82) is 0 Å². The number of fused-ring (bicyclic) bond motifs is 3. The summed E-state index contributed by atoms with van der Waals surface area (Å²) < 4.78 is 12.2. The molecule has 0 atom stereocenters. The Balaban J connectivity index is 1.33. The van der Waals surface area contributed by atoms with Crippen molar-refractivity contribution in [2.24, 2.45) is 0 Å². The number of carbonyl (C=O) groups is 2. The zero-order chi connectivity index (χ0) is 22.1. The van der Waals surface area contributed by atoms with Crippen LogP contribution in [0.5, 0.6) is 11.5 Å². The highest BCUT2D eigenvalue weighted by molar-refractivity contribution is 6.01. The minimum absolute atomic E-state index is 0.0741. The van der Waals surface area contributed by atoms with Gasteiger partial charge in [0, 0.05) is 24.1 Å². The van der Waals surface area contributed by atoms with Gasteiger partial charge in [0.15, 0.2) is 11.5 Å². The van der Waals surface area contributed by atoms with Crippen LogP contribution in [-0.4, -0.2) is 28.2 Å². The molecule has 3 aromatic rings. The summed E-state index contributed by atoms with van der Waals surface area (Å²) in [6, 6.07) is 9.52. The van der Waals surface area contributed by atoms with Crippen molar-refractivity contribution in [3.63, 3.8) is 0 Å². The number of amides is 2. The molecule has 0 radical (unpaired) electrons. The molecular weight excluding hydrogens is 412 g/mol. The Kier molecular flexibility index (Phi) is 5.22. The molecule has 9 nitrogen and oxygen atoms in total. The molecule has 0 aliphatic carbocycles. The molecule has 1 aromatic heterocycles. The number of hydrogen-bond donors (Lipinski definition) is 2. The summed E-state index contributed by atoms with van der Waals surface area (Å²) in [7, 11) is 0. The topological polar surface area (TPSA) is 112 Å². The Morgan fingerprint density at radius 2 is 1.59 bits per heavy atom. The van der Waals surface area contributed by atoms with Crippen LogP contribution in [0.15, 0.2) is 41.2 Å². The number of nitrogens with one attached hydrogen (secondary N) is 2. The highest BCUT2D eigenvalue weighted by atomic mass is 16.7. The minimum Gasteiger partial charge on any atom is -0.454 e. The molecule has 164 valence electrons. The van der Waals surface area contributed by atoms with E-state index in [1.54, 1.807) is 41.0 Å². The third-order valence-corrected chi connectivity index (χ3v) is 5.75. The van der Waals surface area contributed by atoms with Crippen LogP contribution in [0, 0.1) is 0 Å². The van der Waals surface area contributed by atoms with Crippen LogP contribution in [0.4, 0.5) is 0 Å². The third kappa shape index (κ3) is 3.77. The SMILES string of the molecule is O=C(NNC(=O)c1ccc2c(=O)n3c(nc2c1)CCCCCC3)c1ccc2c(c1)OCO2. The lowest BCUT2D eigenvalue weighted by Crippen LogP contribution is -2.41. The van der Waals surface area contributed by atoms with Crippen LogP contribution >= 0.6 is 0 Å². The van der Waals surface area contributed by atoms with Crippen molar-refractivity contribution in [2.75, 3.05) is 6.79 Å². The van der Waals surface area contributed by atoms with Gasteiger partial charge in [-0.05, 0) is 49.2 Å². The molecule has 0 spiro atoms. The predicted molar refractivity (Wildman–Crippen MR) is 116 cm³/mol. The Bertz CT molecular complexity index is 1280. The van der Waals surface area contributed by atoms with E-state index in [1.165, 1.54) is 0 Å². The second kappa shape index (κ2) is 8.33. The van der Waals surface area contributed by atoms with Gasteiger partial charge in [-0.1, -0.05) is 12.8 Å². The van der Waals surface area contributed by atoms with E-state index in [0.29, 0.717) is 40.1 Å². The first-order valence-electron chi connectivity index (χ1n) is 10.6. The summed E-state index contributed by atoms with van der Waals surface area (Å²) in [6.45, 7) is 0.783. The maximum absolute atomic E-state index is 12.9. The highest BCUT2D eigenvalue weighted by Gasteiger charge is 2.18. The number of hydrogen-bond acceptors (Lipinski definition) is 6. The first kappa shape index (κ1) is 20.0. The number of hydrazine groups is 1. The molecule has 0 unspecified atom stereocenters. The summed E-state index contributed by atoms with van der Waals surface area (Å²) in [4.78, 5) is 42.6. The summed E-state index contributed by atoms with van der Waals surface area (Å²) >= 11 is 0. The number of aryl methyl sites for hydroxylation is 1. The summed E-state index contributed by atoms with van der Waals surface area (Å²) in [5, 5.41) is 0.482. The quantitative estimate of drug-likeness (QED) is 0.599. The fourth-order valence-electron chi connectivity index (χ4n) is 4.03. The molecule has 32 heavy (non-hydrogen) atoms. The number of ether oxygens (including phenoxy) is 2. The van der Waals surface area contributed by atoms with Gasteiger partial charge in [-0.25, -0.2) is 4.98 Å². The second-order valence-electron chi connectivity index (χ2n) is 7.86. The average Bonchev–Trinajstić information content (AvgIpc) is 3.26. The van der Waals surface area contributed by atoms with E-state index < -0.39 is 11.8 Å². The number of rotatable bonds is 2. The average molecular weight is 434 g/mol. The molecule has 2 N–H and O–H groups in total. The van der Waals surface area contributed by atoms with Crippen molar-refractivity contribution in [3.8, 4) is 11.5 Å². The maximum atomic E-state index is 12.9. The van der Waals surface area contributed by atoms with Crippen LogP contribution in [0.25, 0.3) is 10.9 Å². The fourth-order valence-corrected chi connectivity index (χ4v) is 4.03. The highest BCUT2D eigenvalue weighted by Crippen LogP contribution is 2.32. The molecule has 0 saturated carbocycles. The molecule has 0 saturated heterocycles. The van der Waals surface area contributed by atoms with Crippen molar-refractivity contribution in [1.82, 2.24) is 20.4 Å². The Morgan fingerprint density at radius 3 is 2.44 bits per heavy atom. The van der Waals surface area contributed by atoms with Crippen LogP contribution in [0.1, 0.15) is 52.2 Å². The molecule has 0 bridgehead atoms. The molecule has 2 amide bonds. The van der Waals surface area contributed by atoms with E-state index in [9.17, 15) is 14.4 Å². The van der Waals surface area contributed by atoms with Gasteiger partial charge in [0.2, 0.25) is 6.79 Å². The predicted octanol–water partition coefficient (Wildman–Crippen LogP) is 2.32. The van der Waals surface area contributed by atoms with Crippen LogP contribution < -0.4 is 25.9 Å². The van der Waals surface area contributed by atoms with Gasteiger partial charge in [-0.3, -0.25) is 29.8 Å². The largest absolute Gasteiger partial charge is 0.454 e. The molecule has 0 fully saturated rings. The van der Waals surface area contributed by atoms with Gasteiger partial charge in [-0.2, -0.15) is 0 Å². The molecule has 2 aliphatic heterocycles. The van der Waals surface area contributed by atoms with Crippen LogP contribution in [-0.2, 0) is 13.0 Å². The molecular formula is C23H22N4O5. The third-order valence-electron chi connectivity index (χ3n) is 5.75. The summed E-state index contributed by atoms with van der Waals surface area (Å²) in [5.74, 6) is 0.810. The van der Waals surface area contributed by atoms with E-state index in [1.807, 2.05) is 0 Å². The lowest BCUT2D eigenvalue weighted by molar-refractivity contribution is 0.0846. The summed E-state index contributed by atoms with van der Waals surface area (Å²) in [6.07, 6.45) is 4.93. The fraction of sp³-hybridized carbons (Fsp3) is 0.304. The Morgan fingerprint density at radius 1 is 0.875 bits per heavy atom. The zero-order valence-electron chi connectivity index (χ0n) is 17.3. The standard InChI is InChI=1S/C23H22N4O5/c28-21(25-26-22(29)15-7-9-18-19(12-15)32-13-31-18)14-6-8-16-17(11-14)24-20-5-3-1-2-4-10-27(20)23(16)30/h6-9,11-12H,1-5,10,13H2,(H,25,28)(H,26,29). The second-order valence-corrected chi connectivity index (χ2v) is 7.86. The van der Waals surface area contributed by atoms with E-state index in [-0.39, 0.29) is 12.4 Å². The lowest BCUT2D eigenvalue weighted by Gasteiger charge is -2.16. The first-order chi connectivity index (χ1) is 15.6. The molecule has 9 heteroatoms. The van der Waals surface area contributed by atoms with E-state index in [2.05, 4.69) is 15.8 Å². The normalized spacial score (nSPS) is 14.9. The van der Waals surface area contributed by atoms with Crippen molar-refractivity contribution in [2.45, 2.75) is 38.6 Å². The number of benzene rings is 2. The Labute approximate surface area is 183 Å². The van der Waals surface area contributed by atoms with Gasteiger partial charge in [0.05, 0.1) is 10.9 Å². The van der Waals surface area contributed by atoms with Gasteiger partial charge in [0.1, 0.15) is 5.82 Å². The van der Waals surface area contributed by atoms with E-state index >= 15 is 0 Å². The van der Waals surface area contributed by atoms with Crippen LogP contribution in [0.3, 0.4) is 0 Å². The summed E-state index contributed by atoms with van der Waals surface area (Å²) in [5.41, 5.74) is 5.82. The minimum atomic E-state index is -0.505. The van der Waals surface area contributed by atoms with Crippen molar-refractivity contribution < 1.29 is 19.1 Å². The maximum Gasteiger partial charge on any atom is 0.269 e. The van der Waals surface area contributed by atoms with Gasteiger partial charge < -0.3 is 9.47 Å². The molecule has 2 aliphatic rings. The molecule has 5 rings (SSSR count). The van der Waals surface area contributed by atoms with Gasteiger partial charge in [0.25, 0.3) is 17.4 Å². The monoisotopic (exact) mass is 434 g/mol. The Hall–Kier alpha value is -3.88. The van der Waals surface area contributed by atoms with Crippen LogP contribution in [0.2, 0.25) is 0 Å². The number of aromatic nitrogens is 2. The number of nitrogens with zero attached hydrogens (tertiary/aromatic N) is 2. The molecule has 3 heterocycles. The van der Waals surface area contributed by atoms with E-state index in [4.69, 9.17) is 9.47 Å². The zero-order valence-corrected chi connectivity index (χ0v) is 17.3. The lowest BCUT2D eigenvalue weighted by atomic mass is 10.1. The van der Waals surface area contributed by atoms with Gasteiger partial charge in [-0.15, -0.1) is 0 Å². The van der Waals surface area contributed by atoms with Crippen molar-refractivity contribution >= 4 is 22.7 Å². The number of carbonyl (C=O) groups excluding carboxylic acids is 2. The molecule has 2 aromatic carbocycles. The van der Waals surface area contributed by atoms with E-state index in [0.717, 1.165) is 37.9 Å². The van der Waals surface area contributed by atoms with Crippen molar-refractivity contribution in [3.05, 3.63) is 63.7 Å². The smallest absolute Gasteiger partial charge is 0.269 e.